The summed E-state index contributed by atoms with van der Waals surface area (Å²) in [6, 6.07) is 11.9. The van der Waals surface area contributed by atoms with Gasteiger partial charge in [0.05, 0.1) is 27.4 Å². The highest BCUT2D eigenvalue weighted by Crippen LogP contribution is 2.41. The van der Waals surface area contributed by atoms with E-state index < -0.39 is 0 Å². The molecule has 1 heterocycles. The van der Waals surface area contributed by atoms with Gasteiger partial charge in [-0.2, -0.15) is 0 Å². The van der Waals surface area contributed by atoms with E-state index in [0.717, 1.165) is 41.9 Å². The van der Waals surface area contributed by atoms with Gasteiger partial charge in [-0.3, -0.25) is 4.79 Å². The zero-order valence-corrected chi connectivity index (χ0v) is 17.2. The highest BCUT2D eigenvalue weighted by Gasteiger charge is 2.33. The highest BCUT2D eigenvalue weighted by atomic mass is 16.5. The number of methoxy groups -OCH3 is 3. The van der Waals surface area contributed by atoms with E-state index in [-0.39, 0.29) is 11.9 Å². The van der Waals surface area contributed by atoms with Crippen molar-refractivity contribution < 1.29 is 19.0 Å². The largest absolute Gasteiger partial charge is 0.497 e. The van der Waals surface area contributed by atoms with E-state index in [1.54, 1.807) is 21.3 Å². The molecule has 0 bridgehead atoms. The Kier molecular flexibility index (Phi) is 6.45. The molecule has 0 spiro atoms. The lowest BCUT2D eigenvalue weighted by atomic mass is 9.87. The summed E-state index contributed by atoms with van der Waals surface area (Å²) in [6.45, 7) is 2.80. The molecule has 0 aromatic heterocycles. The summed E-state index contributed by atoms with van der Waals surface area (Å²) in [6.07, 6.45) is 3.30. The molecule has 1 aliphatic rings. The zero-order chi connectivity index (χ0) is 20.1. The monoisotopic (exact) mass is 383 g/mol. The van der Waals surface area contributed by atoms with Crippen molar-refractivity contribution in [2.24, 2.45) is 0 Å². The van der Waals surface area contributed by atoms with Gasteiger partial charge in [0.15, 0.2) is 11.5 Å². The Morgan fingerprint density at radius 2 is 1.71 bits per heavy atom. The standard InChI is InChI=1S/C23H29NO4/c1-5-6-7-22(25)24-13-12-17-14-20(27-3)21(28-4)15-19(17)23(24)16-8-10-18(26-2)11-9-16/h8-11,14-15,23H,5-7,12-13H2,1-4H3/t23-/m1/s1. The van der Waals surface area contributed by atoms with Crippen molar-refractivity contribution in [1.82, 2.24) is 4.90 Å². The van der Waals surface area contributed by atoms with Gasteiger partial charge in [-0.05, 0) is 53.8 Å². The van der Waals surface area contributed by atoms with Gasteiger partial charge in [0.25, 0.3) is 0 Å². The van der Waals surface area contributed by atoms with Crippen LogP contribution in [0.5, 0.6) is 17.2 Å². The summed E-state index contributed by atoms with van der Waals surface area (Å²) in [7, 11) is 4.94. The molecule has 0 fully saturated rings. The van der Waals surface area contributed by atoms with Crippen molar-refractivity contribution in [3.63, 3.8) is 0 Å². The van der Waals surface area contributed by atoms with E-state index in [1.165, 1.54) is 5.56 Å². The first-order valence-corrected chi connectivity index (χ1v) is 9.81. The molecule has 1 aliphatic heterocycles. The third-order valence-electron chi connectivity index (χ3n) is 5.37. The fourth-order valence-electron chi connectivity index (χ4n) is 3.83. The van der Waals surface area contributed by atoms with Crippen molar-refractivity contribution in [3.05, 3.63) is 53.1 Å². The van der Waals surface area contributed by atoms with Gasteiger partial charge >= 0.3 is 0 Å². The van der Waals surface area contributed by atoms with Gasteiger partial charge in [-0.1, -0.05) is 25.5 Å². The molecule has 0 N–H and O–H groups in total. The van der Waals surface area contributed by atoms with Crippen LogP contribution in [0, 0.1) is 0 Å². The number of fused-ring (bicyclic) bond motifs is 1. The fraction of sp³-hybridized carbons (Fsp3) is 0.435. The second kappa shape index (κ2) is 9.00. The summed E-state index contributed by atoms with van der Waals surface area (Å²) in [5, 5.41) is 0. The van der Waals surface area contributed by atoms with E-state index in [2.05, 4.69) is 6.92 Å². The van der Waals surface area contributed by atoms with Gasteiger partial charge < -0.3 is 19.1 Å². The Labute approximate surface area is 167 Å². The van der Waals surface area contributed by atoms with Crippen LogP contribution in [-0.4, -0.2) is 38.7 Å². The zero-order valence-electron chi connectivity index (χ0n) is 17.2. The summed E-state index contributed by atoms with van der Waals surface area (Å²) in [5.41, 5.74) is 3.36. The lowest BCUT2D eigenvalue weighted by Gasteiger charge is -2.38. The number of amides is 1. The van der Waals surface area contributed by atoms with Gasteiger partial charge in [0, 0.05) is 13.0 Å². The van der Waals surface area contributed by atoms with Gasteiger partial charge in [-0.25, -0.2) is 0 Å². The normalized spacial score (nSPS) is 15.7. The number of carbonyl (C=O) groups excluding carboxylic acids is 1. The van der Waals surface area contributed by atoms with E-state index in [1.807, 2.05) is 41.3 Å². The van der Waals surface area contributed by atoms with Crippen molar-refractivity contribution >= 4 is 5.91 Å². The maximum Gasteiger partial charge on any atom is 0.223 e. The topological polar surface area (TPSA) is 48.0 Å². The Balaban J connectivity index is 2.08. The number of nitrogens with zero attached hydrogens (tertiary/aromatic N) is 1. The van der Waals surface area contributed by atoms with Crippen LogP contribution in [0.1, 0.15) is 48.9 Å². The number of hydrogen-bond donors (Lipinski definition) is 0. The molecular weight excluding hydrogens is 354 g/mol. The first-order chi connectivity index (χ1) is 13.6. The van der Waals surface area contributed by atoms with E-state index in [0.29, 0.717) is 18.7 Å². The molecule has 3 rings (SSSR count). The lowest BCUT2D eigenvalue weighted by molar-refractivity contribution is -0.133. The number of rotatable bonds is 7. The number of ether oxygens (including phenoxy) is 3. The summed E-state index contributed by atoms with van der Waals surface area (Å²) in [5.74, 6) is 2.40. The van der Waals surface area contributed by atoms with Crippen molar-refractivity contribution in [2.45, 2.75) is 38.6 Å². The van der Waals surface area contributed by atoms with E-state index >= 15 is 0 Å². The number of hydrogen-bond acceptors (Lipinski definition) is 4. The minimum absolute atomic E-state index is 0.140. The second-order valence-corrected chi connectivity index (χ2v) is 7.02. The quantitative estimate of drug-likeness (QED) is 0.712. The third-order valence-corrected chi connectivity index (χ3v) is 5.37. The van der Waals surface area contributed by atoms with Crippen LogP contribution >= 0.6 is 0 Å². The Morgan fingerprint density at radius 3 is 2.32 bits per heavy atom. The maximum atomic E-state index is 13.0. The molecule has 5 nitrogen and oxygen atoms in total. The number of unbranched alkanes of at least 4 members (excludes halogenated alkanes) is 1. The Bertz CT molecular complexity index is 816. The molecular formula is C23H29NO4. The van der Waals surface area contributed by atoms with Crippen LogP contribution in [0.2, 0.25) is 0 Å². The van der Waals surface area contributed by atoms with Crippen molar-refractivity contribution in [2.75, 3.05) is 27.9 Å². The molecule has 1 atom stereocenters. The SMILES string of the molecule is CCCCC(=O)N1CCc2cc(OC)c(OC)cc2[C@H]1c1ccc(OC)cc1. The first-order valence-electron chi connectivity index (χ1n) is 9.81. The minimum Gasteiger partial charge on any atom is -0.497 e. The van der Waals surface area contributed by atoms with Crippen LogP contribution in [0.25, 0.3) is 0 Å². The highest BCUT2D eigenvalue weighted by molar-refractivity contribution is 5.78. The summed E-state index contributed by atoms with van der Waals surface area (Å²) >= 11 is 0. The van der Waals surface area contributed by atoms with Crippen molar-refractivity contribution in [3.8, 4) is 17.2 Å². The molecule has 2 aromatic rings. The first kappa shape index (κ1) is 20.1. The average Bonchev–Trinajstić information content (AvgIpc) is 2.75. The fourth-order valence-corrected chi connectivity index (χ4v) is 3.83. The van der Waals surface area contributed by atoms with Gasteiger partial charge in [0.1, 0.15) is 5.75 Å². The molecule has 1 amide bonds. The third kappa shape index (κ3) is 3.93. The number of benzene rings is 2. The molecule has 0 saturated carbocycles. The Hall–Kier alpha value is -2.69. The lowest BCUT2D eigenvalue weighted by Crippen LogP contribution is -2.40. The van der Waals surface area contributed by atoms with Gasteiger partial charge in [0.2, 0.25) is 5.91 Å². The molecule has 28 heavy (non-hydrogen) atoms. The molecule has 150 valence electrons. The predicted octanol–water partition coefficient (Wildman–Crippen LogP) is 4.38. The maximum absolute atomic E-state index is 13.0. The summed E-state index contributed by atoms with van der Waals surface area (Å²) < 4.78 is 16.3. The molecule has 0 unspecified atom stereocenters. The van der Waals surface area contributed by atoms with Crippen LogP contribution in [0.3, 0.4) is 0 Å². The van der Waals surface area contributed by atoms with Crippen LogP contribution in [0.15, 0.2) is 36.4 Å². The van der Waals surface area contributed by atoms with Crippen LogP contribution < -0.4 is 14.2 Å². The minimum atomic E-state index is -0.140. The predicted molar refractivity (Wildman–Crippen MR) is 109 cm³/mol. The van der Waals surface area contributed by atoms with E-state index in [9.17, 15) is 4.79 Å². The molecule has 0 aliphatic carbocycles. The second-order valence-electron chi connectivity index (χ2n) is 7.02. The van der Waals surface area contributed by atoms with E-state index in [4.69, 9.17) is 14.2 Å². The molecule has 2 aromatic carbocycles. The molecule has 5 heteroatoms. The smallest absolute Gasteiger partial charge is 0.223 e. The average molecular weight is 383 g/mol. The molecule has 0 radical (unpaired) electrons. The summed E-state index contributed by atoms with van der Waals surface area (Å²) in [4.78, 5) is 15.0. The number of carbonyl (C=O) groups is 1. The Morgan fingerprint density at radius 1 is 1.04 bits per heavy atom. The van der Waals surface area contributed by atoms with Crippen molar-refractivity contribution in [1.29, 1.82) is 0 Å². The molecule has 0 saturated heterocycles. The van der Waals surface area contributed by atoms with Crippen LogP contribution in [-0.2, 0) is 11.2 Å². The van der Waals surface area contributed by atoms with Crippen LogP contribution in [0.4, 0.5) is 0 Å². The van der Waals surface area contributed by atoms with Gasteiger partial charge in [-0.15, -0.1) is 0 Å².